The van der Waals surface area contributed by atoms with E-state index in [2.05, 4.69) is 4.98 Å². The fourth-order valence-corrected chi connectivity index (χ4v) is 4.42. The van der Waals surface area contributed by atoms with Crippen molar-refractivity contribution in [2.45, 2.75) is 51.7 Å². The third-order valence-electron chi connectivity index (χ3n) is 5.70. The smallest absolute Gasteiger partial charge is 0.344 e. The summed E-state index contributed by atoms with van der Waals surface area (Å²) in [7, 11) is 0. The lowest BCUT2D eigenvalue weighted by molar-refractivity contribution is -0.183. The minimum absolute atomic E-state index is 0.0326. The van der Waals surface area contributed by atoms with Crippen LogP contribution < -0.4 is 5.56 Å². The summed E-state index contributed by atoms with van der Waals surface area (Å²) in [5.74, 6) is -0.488. The fraction of sp³-hybridized carbons (Fsp3) is 0.611. The number of rotatable bonds is 2. The van der Waals surface area contributed by atoms with Gasteiger partial charge in [0, 0.05) is 35.6 Å². The molecule has 0 amide bonds. The summed E-state index contributed by atoms with van der Waals surface area (Å²) in [4.78, 5) is 39.5. The molecule has 0 spiro atoms. The van der Waals surface area contributed by atoms with Crippen LogP contribution in [-0.4, -0.2) is 35.6 Å². The Balaban J connectivity index is 1.60. The molecule has 3 aliphatic rings. The molecule has 0 unspecified atom stereocenters. The first-order chi connectivity index (χ1) is 11.4. The molecule has 1 saturated heterocycles. The molecule has 1 aliphatic heterocycles. The number of aromatic amines is 1. The molecule has 2 aliphatic carbocycles. The average molecular weight is 331 g/mol. The van der Waals surface area contributed by atoms with Crippen LogP contribution >= 0.6 is 0 Å². The zero-order valence-corrected chi connectivity index (χ0v) is 13.9. The molecule has 3 atom stereocenters. The van der Waals surface area contributed by atoms with Crippen LogP contribution in [0.5, 0.6) is 0 Å². The number of ether oxygens (including phenoxy) is 2. The Hall–Kier alpha value is -1.95. The quantitative estimate of drug-likeness (QED) is 0.836. The van der Waals surface area contributed by atoms with Gasteiger partial charge in [-0.1, -0.05) is 13.8 Å². The van der Waals surface area contributed by atoms with Gasteiger partial charge in [-0.25, -0.2) is 4.79 Å². The summed E-state index contributed by atoms with van der Waals surface area (Å²) in [5.41, 5.74) is 0.254. The van der Waals surface area contributed by atoms with Crippen molar-refractivity contribution in [3.05, 3.63) is 33.2 Å². The maximum atomic E-state index is 12.5. The van der Waals surface area contributed by atoms with Crippen LogP contribution in [0.25, 0.3) is 0 Å². The number of aromatic nitrogens is 1. The van der Waals surface area contributed by atoms with Crippen molar-refractivity contribution in [2.75, 3.05) is 6.61 Å². The van der Waals surface area contributed by atoms with E-state index in [4.69, 9.17) is 9.47 Å². The Kier molecular flexibility index (Phi) is 3.42. The molecule has 1 aromatic heterocycles. The second-order valence-corrected chi connectivity index (χ2v) is 7.57. The molecule has 2 fully saturated rings. The first-order valence-electron chi connectivity index (χ1n) is 8.51. The number of hydrogen-bond donors (Lipinski definition) is 1. The van der Waals surface area contributed by atoms with Gasteiger partial charge >= 0.3 is 5.97 Å². The topological polar surface area (TPSA) is 85.5 Å². The second kappa shape index (κ2) is 5.28. The SMILES string of the molecule is CC1(C)[C@@H]2OCC[C@H]2[C@@H]1OC(=O)c1cc2c([nH]c1=O)CCCC2=O. The zero-order valence-electron chi connectivity index (χ0n) is 13.9. The van der Waals surface area contributed by atoms with Crippen LogP contribution in [0.1, 0.15) is 59.5 Å². The number of hydrogen-bond acceptors (Lipinski definition) is 5. The molecule has 24 heavy (non-hydrogen) atoms. The number of carbonyl (C=O) groups is 2. The van der Waals surface area contributed by atoms with Crippen molar-refractivity contribution in [1.29, 1.82) is 0 Å². The number of H-pyrrole nitrogens is 1. The number of nitrogens with one attached hydrogen (secondary N) is 1. The molecule has 0 radical (unpaired) electrons. The summed E-state index contributed by atoms with van der Waals surface area (Å²) < 4.78 is 11.4. The predicted octanol–water partition coefficient (Wildman–Crippen LogP) is 1.86. The van der Waals surface area contributed by atoms with E-state index in [1.54, 1.807) is 0 Å². The number of ketones is 1. The van der Waals surface area contributed by atoms with E-state index in [1.165, 1.54) is 6.07 Å². The third kappa shape index (κ3) is 2.16. The minimum atomic E-state index is -0.652. The highest BCUT2D eigenvalue weighted by atomic mass is 16.6. The number of fused-ring (bicyclic) bond motifs is 2. The predicted molar refractivity (Wildman–Crippen MR) is 85.2 cm³/mol. The molecule has 6 heteroatoms. The highest BCUT2D eigenvalue weighted by Crippen LogP contribution is 2.53. The van der Waals surface area contributed by atoms with Crippen molar-refractivity contribution in [1.82, 2.24) is 4.98 Å². The van der Waals surface area contributed by atoms with Gasteiger partial charge in [-0.2, -0.15) is 0 Å². The van der Waals surface area contributed by atoms with Gasteiger partial charge in [0.1, 0.15) is 11.7 Å². The Morgan fingerprint density at radius 1 is 1.33 bits per heavy atom. The molecule has 1 saturated carbocycles. The number of Topliss-reactive ketones (excluding diaryl/α,β-unsaturated/α-hetero) is 1. The van der Waals surface area contributed by atoms with Crippen LogP contribution in [0.2, 0.25) is 0 Å². The molecular formula is C18H21NO5. The molecular weight excluding hydrogens is 310 g/mol. The largest absolute Gasteiger partial charge is 0.458 e. The van der Waals surface area contributed by atoms with Gasteiger partial charge in [0.05, 0.1) is 6.10 Å². The maximum absolute atomic E-state index is 12.5. The summed E-state index contributed by atoms with van der Waals surface area (Å²) >= 11 is 0. The van der Waals surface area contributed by atoms with E-state index < -0.39 is 11.5 Å². The monoisotopic (exact) mass is 331 g/mol. The van der Waals surface area contributed by atoms with Gasteiger partial charge in [0.2, 0.25) is 0 Å². The van der Waals surface area contributed by atoms with Crippen molar-refractivity contribution < 1.29 is 19.1 Å². The first-order valence-corrected chi connectivity index (χ1v) is 8.51. The molecule has 0 aromatic carbocycles. The summed E-state index contributed by atoms with van der Waals surface area (Å²) in [6.45, 7) is 4.71. The lowest BCUT2D eigenvalue weighted by atomic mass is 9.59. The van der Waals surface area contributed by atoms with Crippen molar-refractivity contribution in [3.63, 3.8) is 0 Å². The Morgan fingerprint density at radius 2 is 2.12 bits per heavy atom. The van der Waals surface area contributed by atoms with E-state index in [1.807, 2.05) is 13.8 Å². The van der Waals surface area contributed by atoms with Gasteiger partial charge in [0.25, 0.3) is 5.56 Å². The third-order valence-corrected chi connectivity index (χ3v) is 5.70. The summed E-state index contributed by atoms with van der Waals surface area (Å²) in [6.07, 6.45) is 2.55. The van der Waals surface area contributed by atoms with E-state index in [9.17, 15) is 14.4 Å². The Bertz CT molecular complexity index is 778. The van der Waals surface area contributed by atoms with Crippen LogP contribution in [0.3, 0.4) is 0 Å². The van der Waals surface area contributed by atoms with Gasteiger partial charge in [-0.05, 0) is 25.3 Å². The van der Waals surface area contributed by atoms with E-state index in [0.717, 1.165) is 12.8 Å². The molecule has 128 valence electrons. The lowest BCUT2D eigenvalue weighted by Gasteiger charge is -2.53. The van der Waals surface area contributed by atoms with Gasteiger partial charge < -0.3 is 14.5 Å². The molecule has 0 bridgehead atoms. The van der Waals surface area contributed by atoms with Crippen molar-refractivity contribution in [2.24, 2.45) is 11.3 Å². The maximum Gasteiger partial charge on any atom is 0.344 e. The molecule has 1 N–H and O–H groups in total. The van der Waals surface area contributed by atoms with Gasteiger partial charge in [-0.3, -0.25) is 9.59 Å². The molecule has 1 aromatic rings. The normalized spacial score (nSPS) is 30.2. The number of esters is 1. The van der Waals surface area contributed by atoms with E-state index in [0.29, 0.717) is 30.7 Å². The molecule has 4 rings (SSSR count). The first kappa shape index (κ1) is 15.6. The summed E-state index contributed by atoms with van der Waals surface area (Å²) in [6, 6.07) is 1.41. The average Bonchev–Trinajstić information content (AvgIpc) is 2.99. The highest BCUT2D eigenvalue weighted by Gasteiger charge is 2.61. The number of aryl methyl sites for hydroxylation is 1. The van der Waals surface area contributed by atoms with Gasteiger partial charge in [-0.15, -0.1) is 0 Å². The zero-order chi connectivity index (χ0) is 17.1. The van der Waals surface area contributed by atoms with Crippen LogP contribution in [0.4, 0.5) is 0 Å². The highest BCUT2D eigenvalue weighted by molar-refractivity contribution is 6.00. The van der Waals surface area contributed by atoms with E-state index in [-0.39, 0.29) is 34.9 Å². The second-order valence-electron chi connectivity index (χ2n) is 7.57. The van der Waals surface area contributed by atoms with Crippen molar-refractivity contribution in [3.8, 4) is 0 Å². The number of pyridine rings is 1. The van der Waals surface area contributed by atoms with Crippen LogP contribution in [0.15, 0.2) is 10.9 Å². The lowest BCUT2D eigenvalue weighted by Crippen LogP contribution is -2.61. The summed E-state index contributed by atoms with van der Waals surface area (Å²) in [5, 5.41) is 0. The van der Waals surface area contributed by atoms with Crippen molar-refractivity contribution >= 4 is 11.8 Å². The van der Waals surface area contributed by atoms with Crippen LogP contribution in [-0.2, 0) is 15.9 Å². The Morgan fingerprint density at radius 3 is 2.92 bits per heavy atom. The van der Waals surface area contributed by atoms with E-state index >= 15 is 0 Å². The van der Waals surface area contributed by atoms with Crippen LogP contribution in [0, 0.1) is 11.3 Å². The minimum Gasteiger partial charge on any atom is -0.458 e. The van der Waals surface area contributed by atoms with Gasteiger partial charge in [0.15, 0.2) is 5.78 Å². The standard InChI is InChI=1S/C18H21NO5/c1-18(2)14-9(6-7-23-14)15(18)24-17(22)11-8-10-12(19-16(11)21)4-3-5-13(10)20/h8-9,14-15H,3-7H2,1-2H3,(H,19,21)/t9-,14-,15+/m1/s1. The molecule has 2 heterocycles. The number of carbonyl (C=O) groups excluding carboxylic acids is 2. The molecule has 6 nitrogen and oxygen atoms in total. The fourth-order valence-electron chi connectivity index (χ4n) is 4.42. The Labute approximate surface area is 139 Å².